The summed E-state index contributed by atoms with van der Waals surface area (Å²) in [6, 6.07) is 13.9. The van der Waals surface area contributed by atoms with Gasteiger partial charge in [0, 0.05) is 26.1 Å². The molecule has 4 unspecified atom stereocenters. The van der Waals surface area contributed by atoms with Gasteiger partial charge in [0.15, 0.2) is 11.5 Å². The number of nitrogens with one attached hydrogen (secondary N) is 2. The van der Waals surface area contributed by atoms with Gasteiger partial charge in [-0.05, 0) is 78.6 Å². The third-order valence-electron chi connectivity index (χ3n) is 10.4. The lowest BCUT2D eigenvalue weighted by Gasteiger charge is -2.32. The first-order valence-electron chi connectivity index (χ1n) is 17.4. The van der Waals surface area contributed by atoms with E-state index in [1.807, 2.05) is 62.2 Å². The number of carbonyl (C=O) groups excluding carboxylic acids is 2. The van der Waals surface area contributed by atoms with Gasteiger partial charge < -0.3 is 34.3 Å². The summed E-state index contributed by atoms with van der Waals surface area (Å²) in [6.45, 7) is 6.17. The Kier molecular flexibility index (Phi) is 10.0. The van der Waals surface area contributed by atoms with Gasteiger partial charge in [-0.2, -0.15) is 0 Å². The number of imidazole rings is 1. The largest absolute Gasteiger partial charge is 0.493 e. The lowest BCUT2D eigenvalue weighted by molar-refractivity contribution is -0.134. The second-order valence-corrected chi connectivity index (χ2v) is 13.3. The molecule has 4 aromatic rings. The van der Waals surface area contributed by atoms with E-state index in [4.69, 9.17) is 19.2 Å². The van der Waals surface area contributed by atoms with Crippen LogP contribution >= 0.6 is 0 Å². The number of fused-ring (bicyclic) bond motifs is 4. The average molecular weight is 682 g/mol. The molecular weight excluding hydrogens is 634 g/mol. The van der Waals surface area contributed by atoms with Crippen molar-refractivity contribution in [1.82, 2.24) is 19.8 Å². The molecule has 11 heteroatoms. The van der Waals surface area contributed by atoms with Crippen LogP contribution in [0.25, 0.3) is 22.2 Å². The molecule has 1 saturated heterocycles. The molecule has 50 heavy (non-hydrogen) atoms. The Morgan fingerprint density at radius 3 is 2.46 bits per heavy atom. The average Bonchev–Trinajstić information content (AvgIpc) is 3.65. The zero-order valence-corrected chi connectivity index (χ0v) is 30.0. The third kappa shape index (κ3) is 6.25. The monoisotopic (exact) mass is 681 g/mol. The number of hydrogen-bond acceptors (Lipinski definition) is 8. The molecule has 1 fully saturated rings. The number of amides is 2. The number of likely N-dealkylation sites (tertiary alicyclic amines) is 1. The number of para-hydroxylation sites is 2. The van der Waals surface area contributed by atoms with Crippen molar-refractivity contribution >= 4 is 28.5 Å². The maximum atomic E-state index is 14.5. The molecule has 11 nitrogen and oxygen atoms in total. The summed E-state index contributed by atoms with van der Waals surface area (Å²) in [5, 5.41) is 6.46. The molecule has 2 amide bonds. The van der Waals surface area contributed by atoms with Crippen LogP contribution in [-0.4, -0.2) is 60.2 Å². The number of methoxy groups -OCH3 is 3. The quantitative estimate of drug-likeness (QED) is 0.211. The van der Waals surface area contributed by atoms with E-state index >= 15 is 0 Å². The summed E-state index contributed by atoms with van der Waals surface area (Å²) in [5.74, 6) is 1.99. The Morgan fingerprint density at radius 2 is 1.78 bits per heavy atom. The number of anilines is 1. The van der Waals surface area contributed by atoms with E-state index in [0.29, 0.717) is 47.9 Å². The molecule has 2 N–H and O–H groups in total. The maximum absolute atomic E-state index is 14.5. The first-order valence-corrected chi connectivity index (χ1v) is 17.4. The van der Waals surface area contributed by atoms with Crippen molar-refractivity contribution in [1.29, 1.82) is 0 Å². The van der Waals surface area contributed by atoms with Crippen molar-refractivity contribution in [2.45, 2.75) is 71.0 Å². The molecule has 6 rings (SSSR count). The third-order valence-corrected chi connectivity index (χ3v) is 10.4. The smallest absolute Gasteiger partial charge is 0.245 e. The highest BCUT2D eigenvalue weighted by molar-refractivity contribution is 5.87. The molecule has 1 aliphatic carbocycles. The van der Waals surface area contributed by atoms with Gasteiger partial charge in [0.1, 0.15) is 11.9 Å². The number of aryl methyl sites for hydroxylation is 2. The standard InChI is InChI=1S/C39H47N5O6/c1-8-22(2)35(39(47)44-19-11-14-31(44)38-42-28-12-9-10-13-30(28)43(38)4)41-29-18-16-25-26(21-32(29)46)27(40-23(3)45)17-15-24-20-33(48-5)36(49-6)37(50-7)34(24)25/h9-10,12-13,16,18,20-22,27,31,35H,8,11,14-15,17,19H2,1-7H3,(H,40,45)(H,41,46). The van der Waals surface area contributed by atoms with Crippen LogP contribution in [0.2, 0.25) is 0 Å². The lowest BCUT2D eigenvalue weighted by atomic mass is 9.95. The molecule has 0 saturated carbocycles. The summed E-state index contributed by atoms with van der Waals surface area (Å²) in [7, 11) is 6.71. The Hall–Kier alpha value is -5.06. The number of ether oxygens (including phenoxy) is 3. The zero-order chi connectivity index (χ0) is 35.7. The summed E-state index contributed by atoms with van der Waals surface area (Å²) >= 11 is 0. The Balaban J connectivity index is 1.43. The normalized spacial score (nSPS) is 18.0. The van der Waals surface area contributed by atoms with Gasteiger partial charge in [-0.25, -0.2) is 4.98 Å². The molecule has 2 heterocycles. The predicted molar refractivity (Wildman–Crippen MR) is 194 cm³/mol. The van der Waals surface area contributed by atoms with E-state index < -0.39 is 12.1 Å². The van der Waals surface area contributed by atoms with E-state index in [0.717, 1.165) is 52.8 Å². The van der Waals surface area contributed by atoms with Crippen molar-refractivity contribution in [3.8, 4) is 28.4 Å². The van der Waals surface area contributed by atoms with Crippen LogP contribution in [-0.2, 0) is 23.1 Å². The van der Waals surface area contributed by atoms with Crippen molar-refractivity contribution in [3.63, 3.8) is 0 Å². The number of rotatable bonds is 10. The highest BCUT2D eigenvalue weighted by atomic mass is 16.5. The minimum atomic E-state index is -0.650. The fourth-order valence-electron chi connectivity index (χ4n) is 7.62. The highest BCUT2D eigenvalue weighted by Gasteiger charge is 2.38. The SMILES string of the molecule is CCC(C)C(Nc1ccc2c(cc1=O)C(NC(C)=O)CCc1cc(OC)c(OC)c(OC)c1-2)C(=O)N1CCCC1c1nc2ccccc2n1C. The molecule has 264 valence electrons. The van der Waals surface area contributed by atoms with E-state index in [9.17, 15) is 14.4 Å². The molecular formula is C39H47N5O6. The predicted octanol–water partition coefficient (Wildman–Crippen LogP) is 5.94. The number of carbonyl (C=O) groups is 2. The van der Waals surface area contributed by atoms with Crippen LogP contribution < -0.4 is 30.3 Å². The minimum absolute atomic E-state index is 0.0543. The fraction of sp³-hybridized carbons (Fsp3) is 0.436. The van der Waals surface area contributed by atoms with Crippen LogP contribution in [0.4, 0.5) is 5.69 Å². The molecule has 0 radical (unpaired) electrons. The Morgan fingerprint density at radius 1 is 1.02 bits per heavy atom. The number of benzene rings is 2. The molecule has 1 aromatic heterocycles. The van der Waals surface area contributed by atoms with E-state index in [1.165, 1.54) is 6.92 Å². The van der Waals surface area contributed by atoms with Crippen molar-refractivity contribution in [2.24, 2.45) is 13.0 Å². The maximum Gasteiger partial charge on any atom is 0.245 e. The highest BCUT2D eigenvalue weighted by Crippen LogP contribution is 2.50. The molecule has 1 aliphatic heterocycles. The van der Waals surface area contributed by atoms with Crippen molar-refractivity contribution < 1.29 is 23.8 Å². The fourth-order valence-corrected chi connectivity index (χ4v) is 7.62. The minimum Gasteiger partial charge on any atom is -0.493 e. The summed E-state index contributed by atoms with van der Waals surface area (Å²) in [6.07, 6.45) is 3.57. The summed E-state index contributed by atoms with van der Waals surface area (Å²) in [4.78, 5) is 48.0. The molecule has 2 aliphatic rings. The molecule has 3 aromatic carbocycles. The molecule has 4 atom stereocenters. The van der Waals surface area contributed by atoms with Gasteiger partial charge in [-0.3, -0.25) is 14.4 Å². The lowest BCUT2D eigenvalue weighted by Crippen LogP contribution is -2.46. The number of aromatic nitrogens is 2. The van der Waals surface area contributed by atoms with E-state index in [1.54, 1.807) is 33.5 Å². The van der Waals surface area contributed by atoms with Gasteiger partial charge in [0.25, 0.3) is 0 Å². The van der Waals surface area contributed by atoms with Gasteiger partial charge in [-0.1, -0.05) is 38.5 Å². The Labute approximate surface area is 292 Å². The molecule has 0 spiro atoms. The van der Waals surface area contributed by atoms with Gasteiger partial charge in [0.2, 0.25) is 23.0 Å². The van der Waals surface area contributed by atoms with Gasteiger partial charge >= 0.3 is 0 Å². The van der Waals surface area contributed by atoms with Crippen molar-refractivity contribution in [3.05, 3.63) is 75.7 Å². The second-order valence-electron chi connectivity index (χ2n) is 13.3. The first-order chi connectivity index (χ1) is 24.1. The topological polar surface area (TPSA) is 124 Å². The van der Waals surface area contributed by atoms with Crippen LogP contribution in [0.1, 0.15) is 75.5 Å². The van der Waals surface area contributed by atoms with Crippen LogP contribution in [0.3, 0.4) is 0 Å². The van der Waals surface area contributed by atoms with E-state index in [2.05, 4.69) is 15.2 Å². The first kappa shape index (κ1) is 34.8. The van der Waals surface area contributed by atoms with E-state index in [-0.39, 0.29) is 29.2 Å². The van der Waals surface area contributed by atoms with Gasteiger partial charge in [0.05, 0.1) is 50.1 Å². The number of nitrogens with zero attached hydrogens (tertiary/aromatic N) is 3. The Bertz CT molecular complexity index is 1990. The van der Waals surface area contributed by atoms with Crippen LogP contribution in [0.5, 0.6) is 17.2 Å². The summed E-state index contributed by atoms with van der Waals surface area (Å²) in [5.41, 5.74) is 5.06. The molecule has 0 bridgehead atoms. The second kappa shape index (κ2) is 14.4. The zero-order valence-electron chi connectivity index (χ0n) is 30.0. The van der Waals surface area contributed by atoms with Crippen LogP contribution in [0, 0.1) is 5.92 Å². The van der Waals surface area contributed by atoms with Crippen molar-refractivity contribution in [2.75, 3.05) is 33.2 Å². The summed E-state index contributed by atoms with van der Waals surface area (Å²) < 4.78 is 19.4. The van der Waals surface area contributed by atoms with Gasteiger partial charge in [-0.15, -0.1) is 0 Å². The number of hydrogen-bond donors (Lipinski definition) is 2. The van der Waals surface area contributed by atoms with Crippen LogP contribution in [0.15, 0.2) is 53.3 Å².